The second-order valence-electron chi connectivity index (χ2n) is 6.99. The van der Waals surface area contributed by atoms with E-state index in [1.807, 2.05) is 0 Å². The molecule has 1 aromatic rings. The number of nitrogens with one attached hydrogen (secondary N) is 1. The molecule has 0 radical (unpaired) electrons. The smallest absolute Gasteiger partial charge is 0.0811 e. The van der Waals surface area contributed by atoms with Gasteiger partial charge in [0, 0.05) is 0 Å². The number of nitrogens with zero attached hydrogens (tertiary/aromatic N) is 1. The predicted molar refractivity (Wildman–Crippen MR) is 98.6 cm³/mol. The van der Waals surface area contributed by atoms with E-state index in [0.29, 0.717) is 11.8 Å². The van der Waals surface area contributed by atoms with E-state index in [2.05, 4.69) is 55.3 Å². The fourth-order valence-electron chi connectivity index (χ4n) is 3.52. The van der Waals surface area contributed by atoms with Gasteiger partial charge in [-0.05, 0) is 79.0 Å². The van der Waals surface area contributed by atoms with E-state index in [0.717, 1.165) is 31.1 Å². The van der Waals surface area contributed by atoms with Crippen molar-refractivity contribution >= 4 is 23.1 Å². The summed E-state index contributed by atoms with van der Waals surface area (Å²) in [7, 11) is 0. The monoisotopic (exact) mass is 316 g/mol. The Hall–Kier alpha value is -1.02. The van der Waals surface area contributed by atoms with Gasteiger partial charge in [0.2, 0.25) is 0 Å². The summed E-state index contributed by atoms with van der Waals surface area (Å²) in [5.74, 6) is 1.69. The molecule has 1 N–H and O–H groups in total. The zero-order valence-electron chi connectivity index (χ0n) is 14.3. The second kappa shape index (κ2) is 8.01. The Balaban J connectivity index is 2.44. The summed E-state index contributed by atoms with van der Waals surface area (Å²) in [5, 5.41) is 6.06. The molecule has 2 nitrogen and oxygen atoms in total. The van der Waals surface area contributed by atoms with E-state index < -0.39 is 0 Å². The summed E-state index contributed by atoms with van der Waals surface area (Å²) in [6.07, 6.45) is 3.71. The first-order valence-corrected chi connectivity index (χ1v) is 8.89. The number of hydrogen-bond acceptors (Lipinski definition) is 3. The molecule has 1 aromatic carbocycles. The van der Waals surface area contributed by atoms with Crippen LogP contribution in [-0.4, -0.2) is 18.3 Å². The molecule has 0 aliphatic carbocycles. The number of rotatable bonds is 5. The van der Waals surface area contributed by atoms with Crippen LogP contribution in [0, 0.1) is 5.92 Å². The zero-order chi connectivity index (χ0) is 16.1. The van der Waals surface area contributed by atoms with E-state index in [-0.39, 0.29) is 0 Å². The van der Waals surface area contributed by atoms with Crippen molar-refractivity contribution in [2.45, 2.75) is 58.8 Å². The van der Waals surface area contributed by atoms with Crippen molar-refractivity contribution in [2.75, 3.05) is 13.1 Å². The zero-order valence-corrected chi connectivity index (χ0v) is 15.1. The maximum Gasteiger partial charge on any atom is 0.0811 e. The summed E-state index contributed by atoms with van der Waals surface area (Å²) in [6.45, 7) is 11.2. The van der Waals surface area contributed by atoms with Gasteiger partial charge in [0.15, 0.2) is 0 Å². The van der Waals surface area contributed by atoms with Crippen molar-refractivity contribution in [3.63, 3.8) is 0 Å². The van der Waals surface area contributed by atoms with Crippen LogP contribution in [0.4, 0.5) is 5.69 Å². The van der Waals surface area contributed by atoms with Crippen LogP contribution in [0.25, 0.3) is 0 Å². The van der Waals surface area contributed by atoms with Gasteiger partial charge in [0.05, 0.1) is 10.8 Å². The fraction of sp³-hybridized carbons (Fsp3) is 0.632. The van der Waals surface area contributed by atoms with Crippen LogP contribution in [0.15, 0.2) is 17.1 Å². The molecule has 1 fully saturated rings. The largest absolute Gasteiger partial charge is 0.317 e. The van der Waals surface area contributed by atoms with Crippen LogP contribution in [-0.2, 0) is 6.42 Å². The van der Waals surface area contributed by atoms with Gasteiger partial charge in [-0.25, -0.2) is 0 Å². The molecular weight excluding hydrogens is 288 g/mol. The van der Waals surface area contributed by atoms with Crippen molar-refractivity contribution in [3.05, 3.63) is 28.8 Å². The average Bonchev–Trinajstić information content (AvgIpc) is 2.48. The van der Waals surface area contributed by atoms with Crippen molar-refractivity contribution in [1.29, 1.82) is 0 Å². The molecule has 120 valence electrons. The van der Waals surface area contributed by atoms with Gasteiger partial charge < -0.3 is 5.32 Å². The Morgan fingerprint density at radius 2 is 1.86 bits per heavy atom. The molecule has 0 saturated carbocycles. The normalized spacial score (nSPS) is 16.1. The van der Waals surface area contributed by atoms with Crippen LogP contribution in [0.3, 0.4) is 0 Å². The fourth-order valence-corrected chi connectivity index (χ4v) is 3.61. The van der Waals surface area contributed by atoms with E-state index >= 15 is 0 Å². The van der Waals surface area contributed by atoms with Crippen molar-refractivity contribution < 1.29 is 0 Å². The number of benzene rings is 1. The highest BCUT2D eigenvalue weighted by Crippen LogP contribution is 2.38. The molecule has 0 bridgehead atoms. The van der Waals surface area contributed by atoms with Crippen molar-refractivity contribution in [1.82, 2.24) is 5.32 Å². The first kappa shape index (κ1) is 17.3. The van der Waals surface area contributed by atoms with Gasteiger partial charge in [0.1, 0.15) is 0 Å². The number of piperidine rings is 1. The first-order chi connectivity index (χ1) is 10.5. The van der Waals surface area contributed by atoms with Gasteiger partial charge in [-0.2, -0.15) is 4.99 Å². The van der Waals surface area contributed by atoms with E-state index in [1.165, 1.54) is 29.5 Å². The summed E-state index contributed by atoms with van der Waals surface area (Å²) in [5.41, 5.74) is 5.19. The molecule has 0 aromatic heterocycles. The number of hydrogen-bond donors (Lipinski definition) is 1. The molecule has 2 rings (SSSR count). The lowest BCUT2D eigenvalue weighted by molar-refractivity contribution is 0.371. The minimum absolute atomic E-state index is 0.451. The highest BCUT2D eigenvalue weighted by molar-refractivity contribution is 7.78. The third-order valence-corrected chi connectivity index (χ3v) is 4.75. The van der Waals surface area contributed by atoms with E-state index in [9.17, 15) is 0 Å². The SMILES string of the molecule is CC(C)c1ccc(CC2CCNCC2)c(C(C)C)c1N=C=S. The van der Waals surface area contributed by atoms with Crippen LogP contribution in [0.2, 0.25) is 0 Å². The highest BCUT2D eigenvalue weighted by Gasteiger charge is 2.21. The lowest BCUT2D eigenvalue weighted by Gasteiger charge is -2.26. The summed E-state index contributed by atoms with van der Waals surface area (Å²) >= 11 is 4.91. The third-order valence-electron chi connectivity index (χ3n) is 4.66. The molecule has 1 aliphatic heterocycles. The number of thiocarbonyl (C=S) groups is 1. The standard InChI is InChI=1S/C19H28N2S/c1-13(2)17-6-5-16(11-15-7-9-20-10-8-15)18(14(3)4)19(17)21-12-22/h5-6,13-15,20H,7-11H2,1-4H3. The van der Waals surface area contributed by atoms with Crippen molar-refractivity contribution in [3.8, 4) is 0 Å². The summed E-state index contributed by atoms with van der Waals surface area (Å²) in [6, 6.07) is 4.58. The van der Waals surface area contributed by atoms with E-state index in [1.54, 1.807) is 0 Å². The van der Waals surface area contributed by atoms with Crippen molar-refractivity contribution in [2.24, 2.45) is 10.9 Å². The first-order valence-electron chi connectivity index (χ1n) is 8.48. The average molecular weight is 317 g/mol. The van der Waals surface area contributed by atoms with Crippen LogP contribution in [0.1, 0.15) is 69.1 Å². The lowest BCUT2D eigenvalue weighted by atomic mass is 9.83. The molecular formula is C19H28N2S. The Morgan fingerprint density at radius 3 is 2.41 bits per heavy atom. The number of aliphatic imine (C=N–C) groups is 1. The van der Waals surface area contributed by atoms with Gasteiger partial charge in [-0.15, -0.1) is 0 Å². The molecule has 0 atom stereocenters. The molecule has 0 spiro atoms. The molecule has 1 aliphatic rings. The predicted octanol–water partition coefficient (Wildman–Crippen LogP) is 5.21. The maximum absolute atomic E-state index is 4.91. The summed E-state index contributed by atoms with van der Waals surface area (Å²) in [4.78, 5) is 4.46. The van der Waals surface area contributed by atoms with Crippen LogP contribution < -0.4 is 5.32 Å². The minimum Gasteiger partial charge on any atom is -0.317 e. The van der Waals surface area contributed by atoms with Crippen LogP contribution in [0.5, 0.6) is 0 Å². The summed E-state index contributed by atoms with van der Waals surface area (Å²) < 4.78 is 0. The van der Waals surface area contributed by atoms with Gasteiger partial charge >= 0.3 is 0 Å². The Kier molecular flexibility index (Phi) is 6.31. The van der Waals surface area contributed by atoms with Gasteiger partial charge in [-0.1, -0.05) is 39.8 Å². The third kappa shape index (κ3) is 4.04. The molecule has 3 heteroatoms. The minimum atomic E-state index is 0.451. The highest BCUT2D eigenvalue weighted by atomic mass is 32.1. The van der Waals surface area contributed by atoms with Gasteiger partial charge in [-0.3, -0.25) is 0 Å². The number of isothiocyanates is 1. The second-order valence-corrected chi connectivity index (χ2v) is 7.17. The molecule has 0 amide bonds. The lowest BCUT2D eigenvalue weighted by Crippen LogP contribution is -2.28. The Morgan fingerprint density at radius 1 is 1.18 bits per heavy atom. The maximum atomic E-state index is 4.91. The topological polar surface area (TPSA) is 24.4 Å². The quantitative estimate of drug-likeness (QED) is 0.595. The molecule has 1 heterocycles. The molecule has 22 heavy (non-hydrogen) atoms. The molecule has 0 unspecified atom stereocenters. The van der Waals surface area contributed by atoms with Gasteiger partial charge in [0.25, 0.3) is 0 Å². The van der Waals surface area contributed by atoms with E-state index in [4.69, 9.17) is 12.2 Å². The Bertz CT molecular complexity index is 551. The molecule has 1 saturated heterocycles. The Labute approximate surface area is 140 Å². The van der Waals surface area contributed by atoms with Crippen LogP contribution >= 0.6 is 12.2 Å².